The molecule has 6 nitrogen and oxygen atoms in total. The Kier molecular flexibility index (Phi) is 3.64. The summed E-state index contributed by atoms with van der Waals surface area (Å²) in [6.07, 6.45) is 1.60. The van der Waals surface area contributed by atoms with Crippen molar-refractivity contribution in [3.63, 3.8) is 0 Å². The summed E-state index contributed by atoms with van der Waals surface area (Å²) in [7, 11) is 1.81. The van der Waals surface area contributed by atoms with Crippen LogP contribution < -0.4 is 10.6 Å². The van der Waals surface area contributed by atoms with Gasteiger partial charge in [-0.15, -0.1) is 0 Å². The summed E-state index contributed by atoms with van der Waals surface area (Å²) >= 11 is 5.95. The number of pyridine rings is 1. The molecule has 8 heteroatoms. The molecule has 0 aliphatic carbocycles. The fourth-order valence-electron chi connectivity index (χ4n) is 1.99. The summed E-state index contributed by atoms with van der Waals surface area (Å²) in [5.41, 5.74) is 1.73. The first-order chi connectivity index (χ1) is 10.5. The van der Waals surface area contributed by atoms with Crippen LogP contribution in [0.25, 0.3) is 11.0 Å². The molecular weight excluding hydrogens is 309 g/mol. The first kappa shape index (κ1) is 14.3. The molecule has 0 saturated heterocycles. The minimum absolute atomic E-state index is 0.244. The van der Waals surface area contributed by atoms with Crippen LogP contribution in [0.4, 0.5) is 20.7 Å². The Bertz CT molecular complexity index is 846. The van der Waals surface area contributed by atoms with E-state index in [0.29, 0.717) is 11.2 Å². The van der Waals surface area contributed by atoms with Crippen molar-refractivity contribution in [1.82, 2.24) is 14.5 Å². The Morgan fingerprint density at radius 1 is 1.27 bits per heavy atom. The van der Waals surface area contributed by atoms with Crippen molar-refractivity contribution in [3.8, 4) is 0 Å². The van der Waals surface area contributed by atoms with Gasteiger partial charge in [0.1, 0.15) is 16.5 Å². The Hall–Kier alpha value is -2.67. The Balaban J connectivity index is 1.83. The molecule has 112 valence electrons. The van der Waals surface area contributed by atoms with E-state index < -0.39 is 6.03 Å². The molecule has 0 aliphatic rings. The summed E-state index contributed by atoms with van der Waals surface area (Å²) in [5.74, 6) is -0.125. The molecule has 0 fully saturated rings. The number of carbonyl (C=O) groups is 1. The summed E-state index contributed by atoms with van der Waals surface area (Å²) in [6, 6.07) is 6.56. The predicted octanol–water partition coefficient (Wildman–Crippen LogP) is 3.40. The zero-order chi connectivity index (χ0) is 15.7. The van der Waals surface area contributed by atoms with E-state index in [1.807, 2.05) is 7.05 Å². The Morgan fingerprint density at radius 2 is 2.00 bits per heavy atom. The third kappa shape index (κ3) is 2.84. The summed E-state index contributed by atoms with van der Waals surface area (Å²) < 4.78 is 14.6. The first-order valence-corrected chi connectivity index (χ1v) is 6.72. The molecule has 0 saturated carbocycles. The molecule has 0 spiro atoms. The van der Waals surface area contributed by atoms with E-state index in [9.17, 15) is 9.18 Å². The van der Waals surface area contributed by atoms with Crippen molar-refractivity contribution in [3.05, 3.63) is 47.6 Å². The van der Waals surface area contributed by atoms with Crippen molar-refractivity contribution in [2.75, 3.05) is 10.6 Å². The van der Waals surface area contributed by atoms with Gasteiger partial charge in [-0.1, -0.05) is 11.6 Å². The second-order valence-electron chi connectivity index (χ2n) is 4.60. The normalized spacial score (nSPS) is 10.7. The number of fused-ring (bicyclic) bond motifs is 1. The highest BCUT2D eigenvalue weighted by Gasteiger charge is 2.12. The summed E-state index contributed by atoms with van der Waals surface area (Å²) in [4.78, 5) is 20.2. The number of nitrogens with one attached hydrogen (secondary N) is 2. The fourth-order valence-corrected chi connectivity index (χ4v) is 2.18. The average Bonchev–Trinajstić information content (AvgIpc) is 2.83. The fraction of sp³-hybridized carbons (Fsp3) is 0.0714. The van der Waals surface area contributed by atoms with Crippen molar-refractivity contribution in [2.24, 2.45) is 7.05 Å². The highest BCUT2D eigenvalue weighted by molar-refractivity contribution is 6.30. The molecule has 3 rings (SSSR count). The van der Waals surface area contributed by atoms with Gasteiger partial charge in [-0.3, -0.25) is 5.32 Å². The molecular formula is C14H11ClFN5O. The predicted molar refractivity (Wildman–Crippen MR) is 82.6 cm³/mol. The number of imidazole rings is 1. The quantitative estimate of drug-likeness (QED) is 0.711. The van der Waals surface area contributed by atoms with Crippen LogP contribution in [0.15, 0.2) is 36.7 Å². The van der Waals surface area contributed by atoms with Crippen molar-refractivity contribution in [2.45, 2.75) is 0 Å². The number of amides is 2. The maximum atomic E-state index is 12.8. The topological polar surface area (TPSA) is 71.8 Å². The third-order valence-electron chi connectivity index (χ3n) is 3.02. The molecule has 0 unspecified atom stereocenters. The standard InChI is InChI=1S/C14H11ClFN5O/c1-21-7-17-12-10(21)6-11(15)19-13(12)20-14(22)18-9-4-2-8(16)3-5-9/h2-7H,1H3,(H2,18,19,20,22). The first-order valence-electron chi connectivity index (χ1n) is 6.34. The van der Waals surface area contributed by atoms with E-state index in [-0.39, 0.29) is 16.8 Å². The maximum Gasteiger partial charge on any atom is 0.324 e. The number of aryl methyl sites for hydroxylation is 1. The maximum absolute atomic E-state index is 12.8. The lowest BCUT2D eigenvalue weighted by atomic mass is 10.3. The number of hydrogen-bond acceptors (Lipinski definition) is 3. The number of urea groups is 1. The molecule has 2 aromatic heterocycles. The minimum atomic E-state index is -0.520. The second kappa shape index (κ2) is 5.61. The lowest BCUT2D eigenvalue weighted by Gasteiger charge is -2.08. The van der Waals surface area contributed by atoms with Gasteiger partial charge in [-0.05, 0) is 24.3 Å². The van der Waals surface area contributed by atoms with E-state index in [1.54, 1.807) is 17.0 Å². The molecule has 0 bridgehead atoms. The zero-order valence-electron chi connectivity index (χ0n) is 11.5. The van der Waals surface area contributed by atoms with Gasteiger partial charge >= 0.3 is 6.03 Å². The molecule has 2 heterocycles. The SMILES string of the molecule is Cn1cnc2c(NC(=O)Nc3ccc(F)cc3)nc(Cl)cc21. The van der Waals surface area contributed by atoms with Gasteiger partial charge in [-0.25, -0.2) is 19.2 Å². The largest absolute Gasteiger partial charge is 0.334 e. The van der Waals surface area contributed by atoms with Crippen LogP contribution in [0, 0.1) is 5.82 Å². The van der Waals surface area contributed by atoms with E-state index in [4.69, 9.17) is 11.6 Å². The van der Waals surface area contributed by atoms with Crippen molar-refractivity contribution >= 4 is 40.2 Å². The van der Waals surface area contributed by atoms with Crippen LogP contribution in [-0.2, 0) is 7.05 Å². The molecule has 22 heavy (non-hydrogen) atoms. The zero-order valence-corrected chi connectivity index (χ0v) is 12.2. The molecule has 0 atom stereocenters. The number of anilines is 2. The van der Waals surface area contributed by atoms with Gasteiger partial charge in [0.05, 0.1) is 11.8 Å². The monoisotopic (exact) mass is 319 g/mol. The van der Waals surface area contributed by atoms with E-state index in [2.05, 4.69) is 20.6 Å². The van der Waals surface area contributed by atoms with Crippen molar-refractivity contribution in [1.29, 1.82) is 0 Å². The molecule has 0 aliphatic heterocycles. The molecule has 0 radical (unpaired) electrons. The highest BCUT2D eigenvalue weighted by Crippen LogP contribution is 2.23. The van der Waals surface area contributed by atoms with Gasteiger partial charge in [0, 0.05) is 18.8 Å². The molecule has 2 N–H and O–H groups in total. The van der Waals surface area contributed by atoms with Crippen LogP contribution in [0.1, 0.15) is 0 Å². The molecule has 3 aromatic rings. The van der Waals surface area contributed by atoms with Crippen LogP contribution in [0.2, 0.25) is 5.15 Å². The Labute approximate surface area is 129 Å². The van der Waals surface area contributed by atoms with Gasteiger partial charge in [0.2, 0.25) is 0 Å². The van der Waals surface area contributed by atoms with Gasteiger partial charge in [0.15, 0.2) is 5.82 Å². The van der Waals surface area contributed by atoms with E-state index in [1.165, 1.54) is 24.3 Å². The second-order valence-corrected chi connectivity index (χ2v) is 4.99. The smallest absolute Gasteiger partial charge is 0.324 e. The minimum Gasteiger partial charge on any atom is -0.334 e. The Morgan fingerprint density at radius 3 is 2.73 bits per heavy atom. The highest BCUT2D eigenvalue weighted by atomic mass is 35.5. The van der Waals surface area contributed by atoms with Gasteiger partial charge in [0.25, 0.3) is 0 Å². The molecule has 1 aromatic carbocycles. The number of benzene rings is 1. The van der Waals surface area contributed by atoms with E-state index >= 15 is 0 Å². The number of hydrogen-bond donors (Lipinski definition) is 2. The number of nitrogens with zero attached hydrogens (tertiary/aromatic N) is 3. The number of halogens is 2. The van der Waals surface area contributed by atoms with Crippen molar-refractivity contribution < 1.29 is 9.18 Å². The summed E-state index contributed by atoms with van der Waals surface area (Å²) in [6.45, 7) is 0. The van der Waals surface area contributed by atoms with Crippen LogP contribution in [-0.4, -0.2) is 20.6 Å². The third-order valence-corrected chi connectivity index (χ3v) is 3.21. The molecule has 2 amide bonds. The van der Waals surface area contributed by atoms with Gasteiger partial charge < -0.3 is 9.88 Å². The van der Waals surface area contributed by atoms with Crippen LogP contribution in [0.3, 0.4) is 0 Å². The number of carbonyl (C=O) groups excluding carboxylic acids is 1. The van der Waals surface area contributed by atoms with Crippen LogP contribution in [0.5, 0.6) is 0 Å². The van der Waals surface area contributed by atoms with Gasteiger partial charge in [-0.2, -0.15) is 0 Å². The lowest BCUT2D eigenvalue weighted by molar-refractivity contribution is 0.262. The van der Waals surface area contributed by atoms with Crippen LogP contribution >= 0.6 is 11.6 Å². The summed E-state index contributed by atoms with van der Waals surface area (Å²) in [5, 5.41) is 5.40. The van der Waals surface area contributed by atoms with E-state index in [0.717, 1.165) is 5.52 Å². The lowest BCUT2D eigenvalue weighted by Crippen LogP contribution is -2.20. The number of rotatable bonds is 2. The average molecular weight is 320 g/mol. The number of aromatic nitrogens is 3.